The smallest absolute Gasteiger partial charge is 0.261 e. The van der Waals surface area contributed by atoms with Crippen LogP contribution in [-0.2, 0) is 6.54 Å². The largest absolute Gasteiger partial charge is 0.293 e. The van der Waals surface area contributed by atoms with Crippen LogP contribution < -0.4 is 5.56 Å². The average Bonchev–Trinajstić information content (AvgIpc) is 2.91. The van der Waals surface area contributed by atoms with Crippen LogP contribution in [0.2, 0.25) is 0 Å². The highest BCUT2D eigenvalue weighted by molar-refractivity contribution is 7.09. The lowest BCUT2D eigenvalue weighted by molar-refractivity contribution is 0.629. The molecule has 2 aromatic heterocycles. The van der Waals surface area contributed by atoms with Gasteiger partial charge < -0.3 is 0 Å². The zero-order valence-electron chi connectivity index (χ0n) is 11.7. The second-order valence-electron chi connectivity index (χ2n) is 5.17. The monoisotopic (exact) mass is 303 g/mol. The van der Waals surface area contributed by atoms with E-state index < -0.39 is 5.82 Å². The molecule has 0 N–H and O–H groups in total. The predicted octanol–water partition coefficient (Wildman–Crippen LogP) is 3.16. The molecule has 0 fully saturated rings. The summed E-state index contributed by atoms with van der Waals surface area (Å²) in [5, 5.41) is 3.42. The topological polar surface area (TPSA) is 47.8 Å². The van der Waals surface area contributed by atoms with Gasteiger partial charge in [0.2, 0.25) is 0 Å². The van der Waals surface area contributed by atoms with E-state index >= 15 is 0 Å². The third kappa shape index (κ3) is 2.71. The van der Waals surface area contributed by atoms with E-state index in [1.165, 1.54) is 29.1 Å². The van der Waals surface area contributed by atoms with Crippen molar-refractivity contribution >= 4 is 22.2 Å². The first-order chi connectivity index (χ1) is 10.0. The van der Waals surface area contributed by atoms with Gasteiger partial charge in [-0.05, 0) is 12.1 Å². The predicted molar refractivity (Wildman–Crippen MR) is 81.3 cm³/mol. The van der Waals surface area contributed by atoms with Gasteiger partial charge in [-0.2, -0.15) is 0 Å². The van der Waals surface area contributed by atoms with Crippen molar-refractivity contribution in [3.05, 3.63) is 56.8 Å². The first-order valence-corrected chi connectivity index (χ1v) is 7.51. The third-order valence-electron chi connectivity index (χ3n) is 3.18. The Kier molecular flexibility index (Phi) is 3.55. The van der Waals surface area contributed by atoms with Crippen molar-refractivity contribution in [3.8, 4) is 0 Å². The van der Waals surface area contributed by atoms with Crippen molar-refractivity contribution in [2.45, 2.75) is 26.3 Å². The van der Waals surface area contributed by atoms with E-state index in [4.69, 9.17) is 0 Å². The van der Waals surface area contributed by atoms with Crippen LogP contribution in [0.3, 0.4) is 0 Å². The molecule has 0 aliphatic carbocycles. The summed E-state index contributed by atoms with van der Waals surface area (Å²) >= 11 is 1.59. The van der Waals surface area contributed by atoms with Crippen molar-refractivity contribution in [1.82, 2.24) is 14.5 Å². The highest BCUT2D eigenvalue weighted by atomic mass is 32.1. The molecule has 4 nitrogen and oxygen atoms in total. The fourth-order valence-electron chi connectivity index (χ4n) is 2.08. The lowest BCUT2D eigenvalue weighted by atomic mass is 10.2. The Balaban J connectivity index is 1.99. The van der Waals surface area contributed by atoms with E-state index in [0.29, 0.717) is 23.4 Å². The van der Waals surface area contributed by atoms with E-state index in [0.717, 1.165) is 10.7 Å². The Labute approximate surface area is 124 Å². The lowest BCUT2D eigenvalue weighted by Gasteiger charge is -2.05. The van der Waals surface area contributed by atoms with Gasteiger partial charge in [0, 0.05) is 17.4 Å². The van der Waals surface area contributed by atoms with E-state index in [1.54, 1.807) is 11.3 Å². The van der Waals surface area contributed by atoms with Crippen LogP contribution in [0.25, 0.3) is 10.9 Å². The van der Waals surface area contributed by atoms with Crippen molar-refractivity contribution in [2.24, 2.45) is 0 Å². The minimum Gasteiger partial charge on any atom is -0.293 e. The van der Waals surface area contributed by atoms with Gasteiger partial charge in [0.05, 0.1) is 34.5 Å². The van der Waals surface area contributed by atoms with Crippen LogP contribution in [0.15, 0.2) is 34.7 Å². The molecule has 108 valence electrons. The molecular formula is C15H14FN3OS. The zero-order chi connectivity index (χ0) is 15.0. The molecule has 0 atom stereocenters. The van der Waals surface area contributed by atoms with E-state index in [1.807, 2.05) is 5.38 Å². The van der Waals surface area contributed by atoms with Crippen LogP contribution in [0.5, 0.6) is 0 Å². The molecule has 0 spiro atoms. The first-order valence-electron chi connectivity index (χ1n) is 6.63. The van der Waals surface area contributed by atoms with Crippen molar-refractivity contribution in [3.63, 3.8) is 0 Å². The maximum atomic E-state index is 13.1. The summed E-state index contributed by atoms with van der Waals surface area (Å²) in [7, 11) is 0. The highest BCUT2D eigenvalue weighted by Gasteiger charge is 2.09. The zero-order valence-corrected chi connectivity index (χ0v) is 12.5. The van der Waals surface area contributed by atoms with E-state index in [2.05, 4.69) is 23.8 Å². The Hall–Kier alpha value is -2.08. The number of aromatic nitrogens is 3. The summed E-state index contributed by atoms with van der Waals surface area (Å²) in [5.74, 6) is -0.0218. The molecule has 0 bridgehead atoms. The van der Waals surface area contributed by atoms with Gasteiger partial charge in [0.1, 0.15) is 5.82 Å². The Bertz CT molecular complexity index is 853. The van der Waals surface area contributed by atoms with Crippen molar-refractivity contribution in [2.75, 3.05) is 0 Å². The fraction of sp³-hybridized carbons (Fsp3) is 0.267. The summed E-state index contributed by atoms with van der Waals surface area (Å²) < 4.78 is 14.6. The molecule has 2 heterocycles. The molecule has 0 radical (unpaired) electrons. The molecule has 3 rings (SSSR count). The molecule has 0 saturated carbocycles. The molecule has 3 aromatic rings. The quantitative estimate of drug-likeness (QED) is 0.746. The summed E-state index contributed by atoms with van der Waals surface area (Å²) in [5.41, 5.74) is 1.03. The number of fused-ring (bicyclic) bond motifs is 1. The summed E-state index contributed by atoms with van der Waals surface area (Å²) in [6, 6.07) is 4.01. The minimum atomic E-state index is -0.395. The van der Waals surface area contributed by atoms with Gasteiger partial charge >= 0.3 is 0 Å². The van der Waals surface area contributed by atoms with Crippen molar-refractivity contribution < 1.29 is 4.39 Å². The maximum Gasteiger partial charge on any atom is 0.261 e. The number of rotatable bonds is 3. The molecule has 0 aliphatic heterocycles. The number of benzene rings is 1. The van der Waals surface area contributed by atoms with Crippen LogP contribution in [0.1, 0.15) is 30.5 Å². The van der Waals surface area contributed by atoms with Gasteiger partial charge in [-0.25, -0.2) is 14.4 Å². The van der Waals surface area contributed by atoms with Gasteiger partial charge in [-0.15, -0.1) is 11.3 Å². The van der Waals surface area contributed by atoms with E-state index in [9.17, 15) is 9.18 Å². The highest BCUT2D eigenvalue weighted by Crippen LogP contribution is 2.19. The minimum absolute atomic E-state index is 0.181. The summed E-state index contributed by atoms with van der Waals surface area (Å²) in [6.45, 7) is 4.55. The Morgan fingerprint density at radius 2 is 2.19 bits per heavy atom. The van der Waals surface area contributed by atoms with Crippen molar-refractivity contribution in [1.29, 1.82) is 0 Å². The number of thiazole rings is 1. The van der Waals surface area contributed by atoms with E-state index in [-0.39, 0.29) is 5.56 Å². The normalized spacial score (nSPS) is 11.4. The van der Waals surface area contributed by atoms with Crippen LogP contribution in [-0.4, -0.2) is 14.5 Å². The lowest BCUT2D eigenvalue weighted by Crippen LogP contribution is -2.21. The fourth-order valence-corrected chi connectivity index (χ4v) is 2.91. The van der Waals surface area contributed by atoms with Gasteiger partial charge in [0.25, 0.3) is 5.56 Å². The molecule has 1 aromatic carbocycles. The SMILES string of the molecule is CC(C)c1nc(Cn2cnc3cc(F)ccc3c2=O)cs1. The first kappa shape index (κ1) is 13.9. The molecular weight excluding hydrogens is 289 g/mol. The van der Waals surface area contributed by atoms with Gasteiger partial charge in [-0.1, -0.05) is 13.8 Å². The molecule has 0 saturated heterocycles. The maximum absolute atomic E-state index is 13.1. The standard InChI is InChI=1S/C15H14FN3OS/c1-9(2)14-18-11(7-21-14)6-19-8-17-13-5-10(16)3-4-12(13)15(19)20/h3-5,7-9H,6H2,1-2H3. The van der Waals surface area contributed by atoms with Crippen LogP contribution in [0.4, 0.5) is 4.39 Å². The molecule has 6 heteroatoms. The molecule has 21 heavy (non-hydrogen) atoms. The molecule has 0 aliphatic rings. The Morgan fingerprint density at radius 1 is 1.38 bits per heavy atom. The number of halogens is 1. The Morgan fingerprint density at radius 3 is 2.90 bits per heavy atom. The molecule has 0 amide bonds. The average molecular weight is 303 g/mol. The van der Waals surface area contributed by atoms with Crippen LogP contribution in [0, 0.1) is 5.82 Å². The summed E-state index contributed by atoms with van der Waals surface area (Å²) in [6.07, 6.45) is 1.44. The number of hydrogen-bond donors (Lipinski definition) is 0. The van der Waals surface area contributed by atoms with Crippen LogP contribution >= 0.6 is 11.3 Å². The van der Waals surface area contributed by atoms with Gasteiger partial charge in [-0.3, -0.25) is 9.36 Å². The second-order valence-corrected chi connectivity index (χ2v) is 6.06. The summed E-state index contributed by atoms with van der Waals surface area (Å²) in [4.78, 5) is 21.0. The third-order valence-corrected chi connectivity index (χ3v) is 4.38. The molecule has 0 unspecified atom stereocenters. The number of nitrogens with zero attached hydrogens (tertiary/aromatic N) is 3. The number of hydrogen-bond acceptors (Lipinski definition) is 4. The van der Waals surface area contributed by atoms with Gasteiger partial charge in [0.15, 0.2) is 0 Å². The second kappa shape index (κ2) is 5.37.